The van der Waals surface area contributed by atoms with Gasteiger partial charge in [0.25, 0.3) is 0 Å². The molecule has 0 spiro atoms. The molecule has 3 heteroatoms. The summed E-state index contributed by atoms with van der Waals surface area (Å²) >= 11 is 0. The molecule has 1 heterocycles. The van der Waals surface area contributed by atoms with Crippen LogP contribution in [0.3, 0.4) is 0 Å². The normalized spacial score (nSPS) is 20.8. The van der Waals surface area contributed by atoms with E-state index in [0.29, 0.717) is 11.6 Å². The fourth-order valence-corrected chi connectivity index (χ4v) is 1.46. The van der Waals surface area contributed by atoms with Gasteiger partial charge in [-0.15, -0.1) is 0 Å². The molecule has 0 radical (unpaired) electrons. The van der Waals surface area contributed by atoms with Gasteiger partial charge < -0.3 is 10.4 Å². The van der Waals surface area contributed by atoms with Gasteiger partial charge in [0.2, 0.25) is 0 Å². The van der Waals surface area contributed by atoms with E-state index in [4.69, 9.17) is 5.11 Å². The van der Waals surface area contributed by atoms with Crippen molar-refractivity contribution in [3.63, 3.8) is 0 Å². The van der Waals surface area contributed by atoms with Gasteiger partial charge in [-0.2, -0.15) is 0 Å². The fourth-order valence-electron chi connectivity index (χ4n) is 1.46. The molecule has 0 amide bonds. The second kappa shape index (κ2) is 3.18. The highest BCUT2D eigenvalue weighted by atomic mass is 16.4. The third-order valence-corrected chi connectivity index (χ3v) is 2.36. The second-order valence-electron chi connectivity index (χ2n) is 3.23. The monoisotopic (exact) mass is 177 g/mol. The van der Waals surface area contributed by atoms with Gasteiger partial charge in [0, 0.05) is 6.04 Å². The first-order valence-electron chi connectivity index (χ1n) is 4.34. The second-order valence-corrected chi connectivity index (χ2v) is 3.23. The molecule has 1 atom stereocenters. The molecule has 3 nitrogen and oxygen atoms in total. The average Bonchev–Trinajstić information content (AvgIpc) is 2.01. The fraction of sp³-hybridized carbons (Fsp3) is 0.300. The summed E-state index contributed by atoms with van der Waals surface area (Å²) in [7, 11) is 0. The van der Waals surface area contributed by atoms with Crippen molar-refractivity contribution < 1.29 is 9.90 Å². The first-order chi connectivity index (χ1) is 6.27. The zero-order valence-corrected chi connectivity index (χ0v) is 7.16. The molecule has 0 bridgehead atoms. The molecule has 1 aliphatic rings. The van der Waals surface area contributed by atoms with Crippen molar-refractivity contribution in [2.24, 2.45) is 0 Å². The Balaban J connectivity index is 2.26. The highest BCUT2D eigenvalue weighted by Crippen LogP contribution is 2.23. The highest BCUT2D eigenvalue weighted by Gasteiger charge is 2.18. The van der Waals surface area contributed by atoms with Gasteiger partial charge in [-0.1, -0.05) is 12.1 Å². The Morgan fingerprint density at radius 1 is 1.54 bits per heavy atom. The minimum absolute atomic E-state index is 0.360. The van der Waals surface area contributed by atoms with Crippen LogP contribution >= 0.6 is 0 Å². The zero-order chi connectivity index (χ0) is 9.26. The molecule has 1 aliphatic heterocycles. The van der Waals surface area contributed by atoms with E-state index in [0.717, 1.165) is 18.5 Å². The lowest BCUT2D eigenvalue weighted by molar-refractivity contribution is 0.0696. The van der Waals surface area contributed by atoms with Crippen LogP contribution in [0.2, 0.25) is 0 Å². The number of benzene rings is 1. The summed E-state index contributed by atoms with van der Waals surface area (Å²) in [4.78, 5) is 10.7. The van der Waals surface area contributed by atoms with Crippen molar-refractivity contribution in [3.05, 3.63) is 35.4 Å². The van der Waals surface area contributed by atoms with Gasteiger partial charge in [0.05, 0.1) is 5.56 Å². The van der Waals surface area contributed by atoms with E-state index in [1.807, 2.05) is 6.07 Å². The smallest absolute Gasteiger partial charge is 0.335 e. The molecule has 1 fully saturated rings. The summed E-state index contributed by atoms with van der Waals surface area (Å²) < 4.78 is 0. The molecule has 68 valence electrons. The highest BCUT2D eigenvalue weighted by molar-refractivity contribution is 5.87. The van der Waals surface area contributed by atoms with E-state index in [1.54, 1.807) is 18.2 Å². The molecule has 1 aromatic rings. The lowest BCUT2D eigenvalue weighted by Gasteiger charge is -2.28. The zero-order valence-electron chi connectivity index (χ0n) is 7.16. The van der Waals surface area contributed by atoms with Crippen LogP contribution in [0.15, 0.2) is 24.3 Å². The summed E-state index contributed by atoms with van der Waals surface area (Å²) in [6, 6.07) is 7.46. The molecule has 2 rings (SSSR count). The molecular weight excluding hydrogens is 166 g/mol. The number of aromatic carboxylic acids is 1. The minimum atomic E-state index is -0.860. The van der Waals surface area contributed by atoms with E-state index in [-0.39, 0.29) is 0 Å². The Labute approximate surface area is 76.4 Å². The minimum Gasteiger partial charge on any atom is -0.478 e. The summed E-state index contributed by atoms with van der Waals surface area (Å²) in [6.07, 6.45) is 1.10. The Hall–Kier alpha value is -1.35. The van der Waals surface area contributed by atoms with Crippen molar-refractivity contribution in [2.45, 2.75) is 12.5 Å². The SMILES string of the molecule is O=C(O)c1cccc([C@@H]2CCN2)c1. The number of carboxylic acids is 1. The maximum atomic E-state index is 10.7. The largest absolute Gasteiger partial charge is 0.478 e. The van der Waals surface area contributed by atoms with Gasteiger partial charge in [-0.05, 0) is 30.7 Å². The van der Waals surface area contributed by atoms with Gasteiger partial charge in [-0.3, -0.25) is 0 Å². The molecular formula is C10H11NO2. The average molecular weight is 177 g/mol. The predicted octanol–water partition coefficient (Wildman–Crippen LogP) is 1.42. The standard InChI is InChI=1S/C10H11NO2/c12-10(13)8-3-1-2-7(6-8)9-4-5-11-9/h1-3,6,9,11H,4-5H2,(H,12,13)/t9-/m0/s1. The van der Waals surface area contributed by atoms with Crippen molar-refractivity contribution in [3.8, 4) is 0 Å². The Morgan fingerprint density at radius 3 is 2.85 bits per heavy atom. The summed E-state index contributed by atoms with van der Waals surface area (Å²) in [5.74, 6) is -0.860. The van der Waals surface area contributed by atoms with E-state index >= 15 is 0 Å². The number of carboxylic acid groups (broad SMARTS) is 1. The van der Waals surface area contributed by atoms with Crippen LogP contribution in [0.25, 0.3) is 0 Å². The van der Waals surface area contributed by atoms with Crippen molar-refractivity contribution in [1.29, 1.82) is 0 Å². The van der Waals surface area contributed by atoms with E-state index < -0.39 is 5.97 Å². The molecule has 0 aliphatic carbocycles. The number of nitrogens with one attached hydrogen (secondary N) is 1. The van der Waals surface area contributed by atoms with Crippen LogP contribution in [-0.4, -0.2) is 17.6 Å². The van der Waals surface area contributed by atoms with Crippen LogP contribution in [0.4, 0.5) is 0 Å². The van der Waals surface area contributed by atoms with Crippen molar-refractivity contribution in [2.75, 3.05) is 6.54 Å². The molecule has 13 heavy (non-hydrogen) atoms. The number of hydrogen-bond donors (Lipinski definition) is 2. The quantitative estimate of drug-likeness (QED) is 0.718. The maximum Gasteiger partial charge on any atom is 0.335 e. The van der Waals surface area contributed by atoms with Crippen LogP contribution < -0.4 is 5.32 Å². The summed E-state index contributed by atoms with van der Waals surface area (Å²) in [6.45, 7) is 1.03. The third kappa shape index (κ3) is 1.55. The number of rotatable bonds is 2. The number of hydrogen-bond acceptors (Lipinski definition) is 2. The van der Waals surface area contributed by atoms with Crippen molar-refractivity contribution >= 4 is 5.97 Å². The molecule has 0 unspecified atom stereocenters. The van der Waals surface area contributed by atoms with Crippen LogP contribution in [0.5, 0.6) is 0 Å². The molecule has 0 aromatic heterocycles. The van der Waals surface area contributed by atoms with E-state index in [1.165, 1.54) is 0 Å². The summed E-state index contributed by atoms with van der Waals surface area (Å²) in [5, 5.41) is 12.0. The molecule has 0 saturated carbocycles. The van der Waals surface area contributed by atoms with Crippen LogP contribution in [-0.2, 0) is 0 Å². The van der Waals surface area contributed by atoms with Crippen LogP contribution in [0.1, 0.15) is 28.4 Å². The van der Waals surface area contributed by atoms with Gasteiger partial charge >= 0.3 is 5.97 Å². The number of carbonyl (C=O) groups is 1. The summed E-state index contributed by atoms with van der Waals surface area (Å²) in [5.41, 5.74) is 1.44. The lowest BCUT2D eigenvalue weighted by atomic mass is 9.96. The Bertz CT molecular complexity index is 331. The van der Waals surface area contributed by atoms with Crippen molar-refractivity contribution in [1.82, 2.24) is 5.32 Å². The lowest BCUT2D eigenvalue weighted by Crippen LogP contribution is -2.34. The van der Waals surface area contributed by atoms with Gasteiger partial charge in [0.15, 0.2) is 0 Å². The van der Waals surface area contributed by atoms with E-state index in [9.17, 15) is 4.79 Å². The predicted molar refractivity (Wildman–Crippen MR) is 48.8 cm³/mol. The Kier molecular flexibility index (Phi) is 2.02. The molecule has 2 N–H and O–H groups in total. The first kappa shape index (κ1) is 8.26. The maximum absolute atomic E-state index is 10.7. The Morgan fingerprint density at radius 2 is 2.31 bits per heavy atom. The molecule has 1 saturated heterocycles. The topological polar surface area (TPSA) is 49.3 Å². The van der Waals surface area contributed by atoms with Crippen LogP contribution in [0, 0.1) is 0 Å². The van der Waals surface area contributed by atoms with Gasteiger partial charge in [-0.25, -0.2) is 4.79 Å². The van der Waals surface area contributed by atoms with E-state index in [2.05, 4.69) is 5.32 Å². The van der Waals surface area contributed by atoms with Gasteiger partial charge in [0.1, 0.15) is 0 Å². The third-order valence-electron chi connectivity index (χ3n) is 2.36. The molecule has 1 aromatic carbocycles. The first-order valence-corrected chi connectivity index (χ1v) is 4.34.